The van der Waals surface area contributed by atoms with Crippen LogP contribution in [0.2, 0.25) is 0 Å². The molecular formula is C46H27NO2S. The van der Waals surface area contributed by atoms with E-state index in [9.17, 15) is 0 Å². The third-order valence-corrected chi connectivity index (χ3v) is 11.3. The van der Waals surface area contributed by atoms with Crippen LogP contribution in [0.15, 0.2) is 173 Å². The predicted molar refractivity (Wildman–Crippen MR) is 212 cm³/mol. The first-order valence-corrected chi connectivity index (χ1v) is 17.7. The zero-order valence-corrected chi connectivity index (χ0v) is 27.6. The van der Waals surface area contributed by atoms with Crippen molar-refractivity contribution in [3.05, 3.63) is 164 Å². The highest BCUT2D eigenvalue weighted by Gasteiger charge is 2.24. The third kappa shape index (κ3) is 3.97. The summed E-state index contributed by atoms with van der Waals surface area (Å²) >= 11 is 1.86. The van der Waals surface area contributed by atoms with Crippen molar-refractivity contribution in [1.29, 1.82) is 0 Å². The van der Waals surface area contributed by atoms with E-state index in [1.165, 1.54) is 25.7 Å². The summed E-state index contributed by atoms with van der Waals surface area (Å²) in [4.78, 5) is 2.41. The molecule has 0 spiro atoms. The summed E-state index contributed by atoms with van der Waals surface area (Å²) in [5, 5.41) is 9.22. The van der Waals surface area contributed by atoms with Crippen LogP contribution in [0, 0.1) is 0 Å². The zero-order chi connectivity index (χ0) is 32.8. The number of rotatable bonds is 4. The number of hydrogen-bond acceptors (Lipinski definition) is 4. The maximum atomic E-state index is 6.71. The highest BCUT2D eigenvalue weighted by atomic mass is 32.1. The Balaban J connectivity index is 1.24. The SMILES string of the molecule is c1ccc(N(c2ccc3oc4ccccc4c3c2)c2cccc3oc4c5ccccc5ccc4c23)c(-c2cccc3c2sc2ccccc23)c1. The van der Waals surface area contributed by atoms with Crippen LogP contribution >= 0.6 is 11.3 Å². The summed E-state index contributed by atoms with van der Waals surface area (Å²) in [6, 6.07) is 58.3. The maximum absolute atomic E-state index is 6.71. The Bertz CT molecular complexity index is 3130. The first-order chi connectivity index (χ1) is 24.8. The number of nitrogens with zero attached hydrogens (tertiary/aromatic N) is 1. The van der Waals surface area contributed by atoms with Crippen molar-refractivity contribution in [2.24, 2.45) is 0 Å². The van der Waals surface area contributed by atoms with Gasteiger partial charge in [-0.05, 0) is 60.0 Å². The Morgan fingerprint density at radius 3 is 2.08 bits per heavy atom. The van der Waals surface area contributed by atoms with E-state index in [0.29, 0.717) is 0 Å². The van der Waals surface area contributed by atoms with E-state index in [1.807, 2.05) is 23.5 Å². The van der Waals surface area contributed by atoms with Crippen LogP contribution in [0.5, 0.6) is 0 Å². The Hall–Kier alpha value is -6.36. The lowest BCUT2D eigenvalue weighted by atomic mass is 9.98. The van der Waals surface area contributed by atoms with Gasteiger partial charge in [-0.15, -0.1) is 11.3 Å². The van der Waals surface area contributed by atoms with Crippen LogP contribution in [-0.2, 0) is 0 Å². The molecule has 0 saturated carbocycles. The van der Waals surface area contributed by atoms with Crippen LogP contribution in [0.25, 0.3) is 85.9 Å². The van der Waals surface area contributed by atoms with E-state index in [-0.39, 0.29) is 0 Å². The molecule has 3 aromatic heterocycles. The van der Waals surface area contributed by atoms with Gasteiger partial charge in [0.05, 0.1) is 16.8 Å². The molecule has 0 radical (unpaired) electrons. The zero-order valence-electron chi connectivity index (χ0n) is 26.8. The van der Waals surface area contributed by atoms with Crippen LogP contribution < -0.4 is 4.90 Å². The van der Waals surface area contributed by atoms with Crippen molar-refractivity contribution >= 4 is 103 Å². The van der Waals surface area contributed by atoms with Crippen LogP contribution in [0.3, 0.4) is 0 Å². The summed E-state index contributed by atoms with van der Waals surface area (Å²) in [7, 11) is 0. The minimum Gasteiger partial charge on any atom is -0.456 e. The lowest BCUT2D eigenvalue weighted by molar-refractivity contribution is 0.669. The molecule has 11 rings (SSSR count). The van der Waals surface area contributed by atoms with Gasteiger partial charge in [0, 0.05) is 58.5 Å². The first-order valence-electron chi connectivity index (χ1n) is 16.8. The van der Waals surface area contributed by atoms with E-state index >= 15 is 0 Å². The average Bonchev–Trinajstić information content (AvgIpc) is 3.87. The summed E-state index contributed by atoms with van der Waals surface area (Å²) in [6.45, 7) is 0. The number of benzene rings is 8. The molecule has 234 valence electrons. The minimum atomic E-state index is 0.859. The Labute approximate surface area is 290 Å². The lowest BCUT2D eigenvalue weighted by Crippen LogP contribution is -2.11. The topological polar surface area (TPSA) is 29.5 Å². The molecule has 4 heteroatoms. The van der Waals surface area contributed by atoms with E-state index < -0.39 is 0 Å². The summed E-state index contributed by atoms with van der Waals surface area (Å²) in [6.07, 6.45) is 0. The van der Waals surface area contributed by atoms with Crippen molar-refractivity contribution < 1.29 is 8.83 Å². The number of anilines is 3. The lowest BCUT2D eigenvalue weighted by Gasteiger charge is -2.28. The van der Waals surface area contributed by atoms with Crippen molar-refractivity contribution in [3.8, 4) is 11.1 Å². The van der Waals surface area contributed by atoms with Crippen molar-refractivity contribution in [3.63, 3.8) is 0 Å². The molecule has 50 heavy (non-hydrogen) atoms. The molecule has 8 aromatic carbocycles. The molecule has 0 aliphatic rings. The molecule has 0 aliphatic heterocycles. The fraction of sp³-hybridized carbons (Fsp3) is 0. The quantitative estimate of drug-likeness (QED) is 0.189. The van der Waals surface area contributed by atoms with E-state index in [0.717, 1.165) is 77.3 Å². The first kappa shape index (κ1) is 27.6. The molecule has 0 amide bonds. The van der Waals surface area contributed by atoms with Gasteiger partial charge in [-0.3, -0.25) is 0 Å². The van der Waals surface area contributed by atoms with Gasteiger partial charge in [-0.1, -0.05) is 109 Å². The highest BCUT2D eigenvalue weighted by Crippen LogP contribution is 2.49. The van der Waals surface area contributed by atoms with Crippen molar-refractivity contribution in [2.45, 2.75) is 0 Å². The average molecular weight is 658 g/mol. The van der Waals surface area contributed by atoms with Gasteiger partial charge in [-0.2, -0.15) is 0 Å². The maximum Gasteiger partial charge on any atom is 0.143 e. The molecule has 11 aromatic rings. The molecule has 0 saturated heterocycles. The Morgan fingerprint density at radius 2 is 1.12 bits per heavy atom. The number of hydrogen-bond donors (Lipinski definition) is 0. The monoisotopic (exact) mass is 657 g/mol. The minimum absolute atomic E-state index is 0.859. The van der Waals surface area contributed by atoms with E-state index in [1.54, 1.807) is 0 Å². The third-order valence-electron chi connectivity index (χ3n) is 10.1. The molecule has 0 N–H and O–H groups in total. The fourth-order valence-electron chi connectivity index (χ4n) is 7.84. The van der Waals surface area contributed by atoms with Crippen LogP contribution in [-0.4, -0.2) is 0 Å². The highest BCUT2D eigenvalue weighted by molar-refractivity contribution is 7.26. The van der Waals surface area contributed by atoms with Gasteiger partial charge < -0.3 is 13.7 Å². The predicted octanol–water partition coefficient (Wildman–Crippen LogP) is 14.1. The molecule has 0 bridgehead atoms. The van der Waals surface area contributed by atoms with E-state index in [4.69, 9.17) is 8.83 Å². The van der Waals surface area contributed by atoms with Gasteiger partial charge in [0.1, 0.15) is 22.3 Å². The van der Waals surface area contributed by atoms with Crippen LogP contribution in [0.4, 0.5) is 17.1 Å². The van der Waals surface area contributed by atoms with E-state index in [2.05, 4.69) is 157 Å². The second-order valence-corrected chi connectivity index (χ2v) is 13.9. The van der Waals surface area contributed by atoms with Gasteiger partial charge in [0.25, 0.3) is 0 Å². The fourth-order valence-corrected chi connectivity index (χ4v) is 9.07. The van der Waals surface area contributed by atoms with Crippen molar-refractivity contribution in [1.82, 2.24) is 0 Å². The molecule has 0 aliphatic carbocycles. The molecule has 0 atom stereocenters. The summed E-state index contributed by atoms with van der Waals surface area (Å²) in [5.41, 5.74) is 9.10. The molecule has 3 nitrogen and oxygen atoms in total. The Kier molecular flexibility index (Phi) is 5.83. The molecule has 0 fully saturated rings. The van der Waals surface area contributed by atoms with Gasteiger partial charge in [0.15, 0.2) is 0 Å². The van der Waals surface area contributed by atoms with Crippen molar-refractivity contribution in [2.75, 3.05) is 4.90 Å². The number of para-hydroxylation sites is 2. The second-order valence-electron chi connectivity index (χ2n) is 12.8. The summed E-state index contributed by atoms with van der Waals surface area (Å²) in [5.74, 6) is 0. The van der Waals surface area contributed by atoms with Gasteiger partial charge in [-0.25, -0.2) is 0 Å². The van der Waals surface area contributed by atoms with Gasteiger partial charge >= 0.3 is 0 Å². The number of fused-ring (bicyclic) bond motifs is 11. The Morgan fingerprint density at radius 1 is 0.420 bits per heavy atom. The molecule has 0 unspecified atom stereocenters. The second kappa shape index (κ2) is 10.6. The molecular weight excluding hydrogens is 631 g/mol. The molecule has 3 heterocycles. The smallest absolute Gasteiger partial charge is 0.143 e. The normalized spacial score (nSPS) is 12.0. The number of thiophene rings is 1. The number of furan rings is 2. The standard InChI is InChI=1S/C46H27NO2S/c1-2-12-30-28(11-1)23-25-36-44-39(19-10-21-42(44)49-45(30)36)47(29-24-26-41-37(27-29)32-14-4-7-20-40(32)48-41)38-18-6-3-13-31(38)34-16-9-17-35-33-15-5-8-22-43(33)50-46(34)35/h1-27H. The van der Waals surface area contributed by atoms with Crippen LogP contribution in [0.1, 0.15) is 0 Å². The summed E-state index contributed by atoms with van der Waals surface area (Å²) < 4.78 is 15.6. The largest absolute Gasteiger partial charge is 0.456 e. The van der Waals surface area contributed by atoms with Gasteiger partial charge in [0.2, 0.25) is 0 Å².